The fraction of sp³-hybridized carbons (Fsp3) is 0.238. The Hall–Kier alpha value is -2.57. The highest BCUT2D eigenvalue weighted by atomic mass is 32.2. The van der Waals surface area contributed by atoms with Gasteiger partial charge < -0.3 is 15.5 Å². The molecule has 1 unspecified atom stereocenters. The molecule has 1 aliphatic heterocycles. The maximum absolute atomic E-state index is 12.1. The number of carbonyl (C=O) groups is 2. The van der Waals surface area contributed by atoms with Crippen LogP contribution in [0.3, 0.4) is 0 Å². The molecule has 3 rings (SSSR count). The summed E-state index contributed by atoms with van der Waals surface area (Å²) in [5.41, 5.74) is 2.10. The third kappa shape index (κ3) is 5.70. The zero-order valence-corrected chi connectivity index (χ0v) is 16.1. The molecule has 1 atom stereocenters. The van der Waals surface area contributed by atoms with Gasteiger partial charge in [-0.1, -0.05) is 54.2 Å². The number of hydrogen-bond donors (Lipinski definition) is 3. The molecule has 0 spiro atoms. The van der Waals surface area contributed by atoms with Crippen molar-refractivity contribution in [3.63, 3.8) is 0 Å². The van der Waals surface area contributed by atoms with Gasteiger partial charge in [0.15, 0.2) is 0 Å². The molecule has 0 saturated carbocycles. The molecule has 5 nitrogen and oxygen atoms in total. The van der Waals surface area contributed by atoms with Gasteiger partial charge in [-0.2, -0.15) is 0 Å². The summed E-state index contributed by atoms with van der Waals surface area (Å²) in [6, 6.07) is 17.9. The third-order valence-corrected chi connectivity index (χ3v) is 5.37. The molecular formula is C21H24N3O2S+. The summed E-state index contributed by atoms with van der Waals surface area (Å²) < 4.78 is 0. The van der Waals surface area contributed by atoms with Crippen LogP contribution in [-0.2, 0) is 16.1 Å². The van der Waals surface area contributed by atoms with Crippen molar-refractivity contribution in [2.24, 2.45) is 0 Å². The van der Waals surface area contributed by atoms with Crippen molar-refractivity contribution in [2.45, 2.75) is 17.9 Å². The molecule has 0 aliphatic carbocycles. The summed E-state index contributed by atoms with van der Waals surface area (Å²) in [7, 11) is 2.15. The molecular weight excluding hydrogens is 358 g/mol. The van der Waals surface area contributed by atoms with E-state index < -0.39 is 0 Å². The number of anilines is 1. The molecule has 2 aromatic rings. The second-order valence-electron chi connectivity index (χ2n) is 6.57. The molecule has 0 bridgehead atoms. The maximum Gasteiger partial charge on any atom is 0.262 e. The van der Waals surface area contributed by atoms with Crippen LogP contribution < -0.4 is 15.5 Å². The second kappa shape index (κ2) is 9.39. The standard InChI is InChI=1S/C21H23N3O2S/c1-24(15-16-8-3-2-4-9-16)13-7-12-22-20(25)14-19-21(26)23-17-10-5-6-11-18(17)27-19/h2-6,8-11,14H,7,12-13,15H2,1H3,(H,22,25)(H,23,26)/p+1. The fourth-order valence-corrected chi connectivity index (χ4v) is 3.83. The SMILES string of the molecule is C[NH+](CCCNC(=O)C=C1Sc2ccccc2NC1=O)Cc1ccccc1. The van der Waals surface area contributed by atoms with Gasteiger partial charge >= 0.3 is 0 Å². The molecule has 140 valence electrons. The topological polar surface area (TPSA) is 62.6 Å². The molecule has 0 fully saturated rings. The van der Waals surface area contributed by atoms with Crippen molar-refractivity contribution in [1.29, 1.82) is 0 Å². The minimum absolute atomic E-state index is 0.229. The first-order valence-electron chi connectivity index (χ1n) is 9.05. The van der Waals surface area contributed by atoms with Crippen molar-refractivity contribution in [1.82, 2.24) is 5.32 Å². The van der Waals surface area contributed by atoms with Gasteiger partial charge in [0.25, 0.3) is 5.91 Å². The van der Waals surface area contributed by atoms with E-state index in [0.29, 0.717) is 11.4 Å². The quantitative estimate of drug-likeness (QED) is 0.506. The van der Waals surface area contributed by atoms with Crippen LogP contribution >= 0.6 is 11.8 Å². The number of nitrogens with one attached hydrogen (secondary N) is 3. The highest BCUT2D eigenvalue weighted by molar-refractivity contribution is 8.04. The molecule has 0 aromatic heterocycles. The molecule has 27 heavy (non-hydrogen) atoms. The lowest BCUT2D eigenvalue weighted by molar-refractivity contribution is -0.893. The van der Waals surface area contributed by atoms with Crippen LogP contribution in [0, 0.1) is 0 Å². The number of thioether (sulfide) groups is 1. The van der Waals surface area contributed by atoms with Crippen LogP contribution in [0.4, 0.5) is 5.69 Å². The first-order chi connectivity index (χ1) is 13.1. The lowest BCUT2D eigenvalue weighted by atomic mass is 10.2. The third-order valence-electron chi connectivity index (χ3n) is 4.27. The van der Waals surface area contributed by atoms with Crippen LogP contribution in [0.15, 0.2) is 70.5 Å². The molecule has 6 heteroatoms. The highest BCUT2D eigenvalue weighted by Crippen LogP contribution is 2.37. The van der Waals surface area contributed by atoms with E-state index in [1.54, 1.807) is 0 Å². The lowest BCUT2D eigenvalue weighted by Gasteiger charge is -2.18. The Morgan fingerprint density at radius 3 is 2.70 bits per heavy atom. The van der Waals surface area contributed by atoms with Crippen molar-refractivity contribution in [2.75, 3.05) is 25.5 Å². The van der Waals surface area contributed by atoms with Gasteiger partial charge in [-0.3, -0.25) is 9.59 Å². The molecule has 0 radical (unpaired) electrons. The zero-order valence-electron chi connectivity index (χ0n) is 15.3. The maximum atomic E-state index is 12.1. The summed E-state index contributed by atoms with van der Waals surface area (Å²) in [5, 5.41) is 5.68. The number of quaternary nitrogens is 1. The van der Waals surface area contributed by atoms with Crippen molar-refractivity contribution in [3.8, 4) is 0 Å². The van der Waals surface area contributed by atoms with Crippen molar-refractivity contribution in [3.05, 3.63) is 71.1 Å². The van der Waals surface area contributed by atoms with Gasteiger partial charge in [-0.15, -0.1) is 0 Å². The Morgan fingerprint density at radius 2 is 1.89 bits per heavy atom. The van der Waals surface area contributed by atoms with Gasteiger partial charge in [0, 0.05) is 29.5 Å². The van der Waals surface area contributed by atoms with Gasteiger partial charge in [-0.25, -0.2) is 0 Å². The predicted molar refractivity (Wildman–Crippen MR) is 109 cm³/mol. The van der Waals surface area contributed by atoms with E-state index >= 15 is 0 Å². The van der Waals surface area contributed by atoms with Gasteiger partial charge in [-0.05, 0) is 12.1 Å². The Balaban J connectivity index is 1.42. The smallest absolute Gasteiger partial charge is 0.262 e. The summed E-state index contributed by atoms with van der Waals surface area (Å²) in [4.78, 5) is 27.0. The molecule has 2 amide bonds. The summed E-state index contributed by atoms with van der Waals surface area (Å²) in [5.74, 6) is -0.464. The van der Waals surface area contributed by atoms with Crippen LogP contribution in [0.1, 0.15) is 12.0 Å². The van der Waals surface area contributed by atoms with E-state index in [1.165, 1.54) is 28.3 Å². The first kappa shape index (κ1) is 19.2. The van der Waals surface area contributed by atoms with Gasteiger partial charge in [0.2, 0.25) is 5.91 Å². The number of amides is 2. The Labute approximate surface area is 163 Å². The Kier molecular flexibility index (Phi) is 6.68. The summed E-state index contributed by atoms with van der Waals surface area (Å²) in [6.45, 7) is 2.53. The van der Waals surface area contributed by atoms with E-state index in [0.717, 1.165) is 30.1 Å². The number of hydrogen-bond acceptors (Lipinski definition) is 3. The number of fused-ring (bicyclic) bond motifs is 1. The minimum atomic E-state index is -0.235. The molecule has 1 aliphatic rings. The average Bonchev–Trinajstić information content (AvgIpc) is 2.67. The molecule has 2 aromatic carbocycles. The Bertz CT molecular complexity index is 836. The van der Waals surface area contributed by atoms with Crippen molar-refractivity contribution < 1.29 is 14.5 Å². The van der Waals surface area contributed by atoms with Gasteiger partial charge in [0.1, 0.15) is 6.54 Å². The largest absolute Gasteiger partial charge is 0.352 e. The van der Waals surface area contributed by atoms with Crippen molar-refractivity contribution >= 4 is 29.3 Å². The average molecular weight is 383 g/mol. The summed E-state index contributed by atoms with van der Waals surface area (Å²) in [6.07, 6.45) is 2.27. The molecule has 3 N–H and O–H groups in total. The van der Waals surface area contributed by atoms with Gasteiger partial charge in [0.05, 0.1) is 24.2 Å². The van der Waals surface area contributed by atoms with E-state index in [2.05, 4.69) is 29.8 Å². The fourth-order valence-electron chi connectivity index (χ4n) is 2.91. The Morgan fingerprint density at radius 1 is 1.15 bits per heavy atom. The number of para-hydroxylation sites is 1. The van der Waals surface area contributed by atoms with E-state index in [9.17, 15) is 9.59 Å². The predicted octanol–water partition coefficient (Wildman–Crippen LogP) is 1.84. The molecule has 1 heterocycles. The number of carbonyl (C=O) groups excluding carboxylic acids is 2. The van der Waals surface area contributed by atoms with E-state index in [4.69, 9.17) is 0 Å². The monoisotopic (exact) mass is 382 g/mol. The van der Waals surface area contributed by atoms with Crippen LogP contribution in [0.2, 0.25) is 0 Å². The van der Waals surface area contributed by atoms with Crippen LogP contribution in [0.5, 0.6) is 0 Å². The minimum Gasteiger partial charge on any atom is -0.352 e. The lowest BCUT2D eigenvalue weighted by Crippen LogP contribution is -3.07. The highest BCUT2D eigenvalue weighted by Gasteiger charge is 2.21. The van der Waals surface area contributed by atoms with E-state index in [1.807, 2.05) is 42.5 Å². The normalized spacial score (nSPS) is 15.7. The zero-order chi connectivity index (χ0) is 19.1. The summed E-state index contributed by atoms with van der Waals surface area (Å²) >= 11 is 1.32. The molecule has 0 saturated heterocycles. The van der Waals surface area contributed by atoms with Crippen LogP contribution in [-0.4, -0.2) is 32.0 Å². The number of rotatable bonds is 7. The van der Waals surface area contributed by atoms with E-state index in [-0.39, 0.29) is 11.8 Å². The number of benzene rings is 2. The first-order valence-corrected chi connectivity index (χ1v) is 9.86. The second-order valence-corrected chi connectivity index (χ2v) is 7.66. The van der Waals surface area contributed by atoms with Crippen LogP contribution in [0.25, 0.3) is 0 Å².